The van der Waals surface area contributed by atoms with Crippen molar-refractivity contribution in [2.24, 2.45) is 0 Å². The molecule has 0 atom stereocenters. The minimum atomic E-state index is -0.961. The van der Waals surface area contributed by atoms with E-state index in [9.17, 15) is 10.2 Å². The molecule has 0 aromatic heterocycles. The van der Waals surface area contributed by atoms with Crippen molar-refractivity contribution in [1.29, 1.82) is 0 Å². The van der Waals surface area contributed by atoms with Crippen molar-refractivity contribution < 1.29 is 44.4 Å². The van der Waals surface area contributed by atoms with Crippen LogP contribution in [0.1, 0.15) is 94.2 Å². The summed E-state index contributed by atoms with van der Waals surface area (Å²) in [6.07, 6.45) is 16.9. The first-order valence-corrected chi connectivity index (χ1v) is 20.3. The zero-order valence-corrected chi connectivity index (χ0v) is 39.0. The predicted molar refractivity (Wildman–Crippen MR) is 230 cm³/mol. The van der Waals surface area contributed by atoms with Gasteiger partial charge in [-0.25, -0.2) is 0 Å². The smallest absolute Gasteiger partial charge is 0.124 e. The summed E-state index contributed by atoms with van der Waals surface area (Å²) in [5.41, 5.74) is 0.278. The molecule has 4 heterocycles. The fourth-order valence-electron chi connectivity index (χ4n) is 7.32. The second-order valence-corrected chi connectivity index (χ2v) is 20.1. The van der Waals surface area contributed by atoms with Crippen LogP contribution in [0.4, 0.5) is 0 Å². The molecule has 4 aliphatic heterocycles. The monoisotopic (exact) mass is 894 g/mol. The van der Waals surface area contributed by atoms with Crippen LogP contribution in [-0.4, -0.2) is 124 Å². The Morgan fingerprint density at radius 3 is 0.741 bits per heavy atom. The summed E-state index contributed by atoms with van der Waals surface area (Å²) in [6.45, 7) is 31.9. The van der Waals surface area contributed by atoms with E-state index in [0.717, 1.165) is 37.8 Å². The van der Waals surface area contributed by atoms with Crippen LogP contribution in [0.5, 0.6) is 0 Å². The average Bonchev–Trinajstić information content (AvgIpc) is 3.93. The Kier molecular flexibility index (Phi) is 16.1. The summed E-state index contributed by atoms with van der Waals surface area (Å²) < 4.78 is 0. The van der Waals surface area contributed by atoms with Gasteiger partial charge >= 0.3 is 0 Å². The number of nitrogens with zero attached hydrogens (tertiary/aromatic N) is 8. The molecule has 0 unspecified atom stereocenters. The molecule has 0 fully saturated rings. The average molecular weight is 896 g/mol. The van der Waals surface area contributed by atoms with Crippen LogP contribution in [0.3, 0.4) is 0 Å². The Labute approximate surface area is 372 Å². The fraction of sp³-hybridized carbons (Fsp3) is 0.565. The molecule has 4 aliphatic rings. The van der Waals surface area contributed by atoms with Gasteiger partial charge in [-0.3, -0.25) is 0 Å². The van der Waals surface area contributed by atoms with E-state index in [-0.39, 0.29) is 56.3 Å². The van der Waals surface area contributed by atoms with Gasteiger partial charge in [-0.05, 0) is 94.2 Å². The van der Waals surface area contributed by atoms with Crippen LogP contribution in [0.15, 0.2) is 110 Å². The maximum absolute atomic E-state index is 11.8. The first-order chi connectivity index (χ1) is 25.9. The SMILES string of the molecule is CC(C)(C)N1C=CN(CC(O)(CN2C=CN(C(C)(C)C)C2)c2ccccc2)C1.CC(C)(C)N1C=CN(CC(O)(CN2C=CN(C(C)(C)C)C2)c2ccccc2)C1.[Cu].[Cu]. The predicted octanol–water partition coefficient (Wildman–Crippen LogP) is 7.12. The molecular weight excluding hydrogens is 824 g/mol. The largest absolute Gasteiger partial charge is 0.381 e. The van der Waals surface area contributed by atoms with Gasteiger partial charge in [-0.2, -0.15) is 0 Å². The number of benzene rings is 2. The molecule has 0 aliphatic carbocycles. The molecular formula is C46H72Cu2N8O2. The second-order valence-electron chi connectivity index (χ2n) is 20.1. The standard InChI is InChI=1S/2C23H36N4O.2Cu/c2*1-21(2,3)26-14-12-24(18-26)16-23(28,20-10-8-7-9-11-20)17-25-13-15-27(19-25)22(4,5)6;;/h2*7-15,28H,16-19H2,1-6H3;;. The normalized spacial score (nSPS) is 17.3. The van der Waals surface area contributed by atoms with Crippen molar-refractivity contribution in [1.82, 2.24) is 39.2 Å². The topological polar surface area (TPSA) is 66.4 Å². The summed E-state index contributed by atoms with van der Waals surface area (Å²) in [5, 5.41) is 23.6. The Balaban J connectivity index is 0.000000300. The van der Waals surface area contributed by atoms with Gasteiger partial charge in [0.1, 0.15) is 11.2 Å². The minimum absolute atomic E-state index is 0. The van der Waals surface area contributed by atoms with Crippen molar-refractivity contribution >= 4 is 0 Å². The third kappa shape index (κ3) is 12.9. The molecule has 2 aromatic carbocycles. The van der Waals surface area contributed by atoms with E-state index >= 15 is 0 Å². The van der Waals surface area contributed by atoms with Crippen LogP contribution in [0, 0.1) is 0 Å². The van der Waals surface area contributed by atoms with E-state index in [1.165, 1.54) is 0 Å². The van der Waals surface area contributed by atoms with E-state index in [1.54, 1.807) is 0 Å². The molecule has 12 heteroatoms. The maximum atomic E-state index is 11.8. The number of hydrogen-bond donors (Lipinski definition) is 2. The summed E-state index contributed by atoms with van der Waals surface area (Å²) >= 11 is 0. The van der Waals surface area contributed by atoms with Crippen LogP contribution in [-0.2, 0) is 45.3 Å². The molecule has 10 nitrogen and oxygen atoms in total. The van der Waals surface area contributed by atoms with Gasteiger partial charge in [0.2, 0.25) is 0 Å². The Morgan fingerprint density at radius 1 is 0.362 bits per heavy atom. The zero-order chi connectivity index (χ0) is 41.2. The number of aliphatic hydroxyl groups is 2. The van der Waals surface area contributed by atoms with E-state index in [1.807, 2.05) is 60.7 Å². The van der Waals surface area contributed by atoms with Gasteiger partial charge in [-0.1, -0.05) is 60.7 Å². The van der Waals surface area contributed by atoms with Crippen LogP contribution in [0.25, 0.3) is 0 Å². The van der Waals surface area contributed by atoms with Crippen LogP contribution < -0.4 is 0 Å². The second kappa shape index (κ2) is 19.0. The van der Waals surface area contributed by atoms with Crippen LogP contribution >= 0.6 is 0 Å². The van der Waals surface area contributed by atoms with Gasteiger partial charge in [0.25, 0.3) is 0 Å². The first-order valence-electron chi connectivity index (χ1n) is 20.3. The van der Waals surface area contributed by atoms with Gasteiger partial charge < -0.3 is 49.4 Å². The third-order valence-corrected chi connectivity index (χ3v) is 11.1. The Hall–Kier alpha value is -3.24. The summed E-state index contributed by atoms with van der Waals surface area (Å²) in [6, 6.07) is 20.1. The molecule has 0 amide bonds. The zero-order valence-electron chi connectivity index (χ0n) is 37.1. The van der Waals surface area contributed by atoms with Gasteiger partial charge in [0.15, 0.2) is 0 Å². The summed E-state index contributed by atoms with van der Waals surface area (Å²) in [7, 11) is 0. The molecule has 2 N–H and O–H groups in total. The van der Waals surface area contributed by atoms with Gasteiger partial charge in [0, 0.05) is 106 Å². The Morgan fingerprint density at radius 2 is 0.569 bits per heavy atom. The van der Waals surface area contributed by atoms with Crippen molar-refractivity contribution in [2.75, 3.05) is 52.9 Å². The van der Waals surface area contributed by atoms with Crippen molar-refractivity contribution in [2.45, 2.75) is 116 Å². The van der Waals surface area contributed by atoms with Crippen molar-refractivity contribution in [3.63, 3.8) is 0 Å². The third-order valence-electron chi connectivity index (χ3n) is 11.1. The van der Waals surface area contributed by atoms with Crippen molar-refractivity contribution in [3.05, 3.63) is 121 Å². The summed E-state index contributed by atoms with van der Waals surface area (Å²) in [4.78, 5) is 18.0. The minimum Gasteiger partial charge on any atom is -0.381 e. The number of rotatable bonds is 10. The first kappa shape index (κ1) is 49.1. The maximum Gasteiger partial charge on any atom is 0.124 e. The summed E-state index contributed by atoms with van der Waals surface area (Å²) in [5.74, 6) is 0. The molecule has 58 heavy (non-hydrogen) atoms. The molecule has 6 rings (SSSR count). The molecule has 0 spiro atoms. The molecule has 2 aromatic rings. The molecule has 2 radical (unpaired) electrons. The van der Waals surface area contributed by atoms with Gasteiger partial charge in [0.05, 0.1) is 52.9 Å². The van der Waals surface area contributed by atoms with E-state index in [0.29, 0.717) is 26.2 Å². The van der Waals surface area contributed by atoms with E-state index in [2.05, 4.69) is 172 Å². The Bertz CT molecular complexity index is 1490. The van der Waals surface area contributed by atoms with Crippen molar-refractivity contribution in [3.8, 4) is 0 Å². The number of β-amino-alcohol motifs (C(OH)–C–C–N with tert-alkyl or cyclic N) is 2. The van der Waals surface area contributed by atoms with E-state index < -0.39 is 11.2 Å². The molecule has 330 valence electrons. The van der Waals surface area contributed by atoms with Crippen LogP contribution in [0.2, 0.25) is 0 Å². The quantitative estimate of drug-likeness (QED) is 0.241. The fourth-order valence-corrected chi connectivity index (χ4v) is 7.32. The molecule has 0 saturated carbocycles. The molecule has 0 bridgehead atoms. The molecule has 0 saturated heterocycles. The van der Waals surface area contributed by atoms with Gasteiger partial charge in [-0.15, -0.1) is 0 Å². The number of hydrogen-bond acceptors (Lipinski definition) is 10. The van der Waals surface area contributed by atoms with E-state index in [4.69, 9.17) is 0 Å².